The minimum absolute atomic E-state index is 0.105. The first-order valence-corrected chi connectivity index (χ1v) is 10.4. The van der Waals surface area contributed by atoms with Crippen molar-refractivity contribution in [2.24, 2.45) is 0 Å². The Kier molecular flexibility index (Phi) is 6.77. The molecule has 148 valence electrons. The minimum Gasteiger partial charge on any atom is -0.336 e. The zero-order valence-corrected chi connectivity index (χ0v) is 18.1. The van der Waals surface area contributed by atoms with E-state index in [4.69, 9.17) is 46.4 Å². The van der Waals surface area contributed by atoms with Crippen LogP contribution in [0.1, 0.15) is 46.9 Å². The summed E-state index contributed by atoms with van der Waals surface area (Å²) in [7, 11) is 0. The average molecular weight is 460 g/mol. The second-order valence-corrected chi connectivity index (χ2v) is 8.42. The zero-order chi connectivity index (χ0) is 20.4. The Labute approximate surface area is 183 Å². The van der Waals surface area contributed by atoms with Crippen LogP contribution in [0.5, 0.6) is 0 Å². The summed E-state index contributed by atoms with van der Waals surface area (Å²) in [6.07, 6.45) is 2.95. The van der Waals surface area contributed by atoms with E-state index in [1.165, 1.54) is 24.3 Å². The third-order valence-corrected chi connectivity index (χ3v) is 5.83. The number of hydrogen-bond acceptors (Lipinski definition) is 2. The maximum absolute atomic E-state index is 13.2. The van der Waals surface area contributed by atoms with Gasteiger partial charge in [0.1, 0.15) is 0 Å². The predicted molar refractivity (Wildman–Crippen MR) is 115 cm³/mol. The molecule has 1 atom stereocenters. The van der Waals surface area contributed by atoms with E-state index in [0.717, 1.165) is 19.3 Å². The van der Waals surface area contributed by atoms with E-state index >= 15 is 0 Å². The lowest BCUT2D eigenvalue weighted by molar-refractivity contribution is 0.0636. The molecule has 28 heavy (non-hydrogen) atoms. The molecule has 1 N–H and O–H groups in total. The highest BCUT2D eigenvalue weighted by molar-refractivity contribution is 6.39. The molecule has 0 aromatic heterocycles. The topological polar surface area (TPSA) is 49.4 Å². The summed E-state index contributed by atoms with van der Waals surface area (Å²) >= 11 is 24.5. The normalized spacial score (nSPS) is 16.8. The molecule has 2 amide bonds. The van der Waals surface area contributed by atoms with Crippen LogP contribution in [0, 0.1) is 0 Å². The molecule has 2 aromatic carbocycles. The molecule has 4 nitrogen and oxygen atoms in total. The Morgan fingerprint density at radius 3 is 2.36 bits per heavy atom. The number of nitrogens with one attached hydrogen (secondary N) is 1. The van der Waals surface area contributed by atoms with Crippen molar-refractivity contribution >= 4 is 63.9 Å². The van der Waals surface area contributed by atoms with Gasteiger partial charge in [0.15, 0.2) is 0 Å². The molecule has 0 aliphatic carbocycles. The van der Waals surface area contributed by atoms with Crippen LogP contribution in [0.3, 0.4) is 0 Å². The molecule has 3 rings (SSSR count). The Bertz CT molecular complexity index is 933. The van der Waals surface area contributed by atoms with Crippen LogP contribution in [0.25, 0.3) is 0 Å². The van der Waals surface area contributed by atoms with Gasteiger partial charge in [-0.05, 0) is 56.5 Å². The smallest absolute Gasteiger partial charge is 0.257 e. The molecule has 0 radical (unpaired) electrons. The summed E-state index contributed by atoms with van der Waals surface area (Å²) in [6.45, 7) is 2.66. The van der Waals surface area contributed by atoms with Gasteiger partial charge < -0.3 is 10.2 Å². The number of likely N-dealkylation sites (tertiary alicyclic amines) is 1. The maximum Gasteiger partial charge on any atom is 0.257 e. The van der Waals surface area contributed by atoms with Crippen LogP contribution >= 0.6 is 46.4 Å². The van der Waals surface area contributed by atoms with E-state index in [9.17, 15) is 9.59 Å². The summed E-state index contributed by atoms with van der Waals surface area (Å²) in [5.74, 6) is -0.708. The molecule has 1 aliphatic heterocycles. The molecule has 2 aromatic rings. The average Bonchev–Trinajstić information content (AvgIpc) is 2.63. The van der Waals surface area contributed by atoms with Crippen molar-refractivity contribution in [3.63, 3.8) is 0 Å². The predicted octanol–water partition coefficient (Wildman–Crippen LogP) is 6.57. The highest BCUT2D eigenvalue weighted by Gasteiger charge is 2.28. The largest absolute Gasteiger partial charge is 0.336 e. The number of rotatable bonds is 3. The quantitative estimate of drug-likeness (QED) is 0.564. The van der Waals surface area contributed by atoms with Crippen LogP contribution in [0.15, 0.2) is 30.3 Å². The molecule has 1 saturated heterocycles. The number of benzene rings is 2. The number of amides is 2. The van der Waals surface area contributed by atoms with E-state index in [1.807, 2.05) is 6.92 Å². The maximum atomic E-state index is 13.2. The summed E-state index contributed by atoms with van der Waals surface area (Å²) in [5.41, 5.74) is 0.691. The van der Waals surface area contributed by atoms with Crippen molar-refractivity contribution in [2.75, 3.05) is 11.9 Å². The van der Waals surface area contributed by atoms with Crippen molar-refractivity contribution in [1.29, 1.82) is 0 Å². The molecule has 1 aliphatic rings. The lowest BCUT2D eigenvalue weighted by Gasteiger charge is -2.34. The second kappa shape index (κ2) is 8.91. The number of piperidine rings is 1. The van der Waals surface area contributed by atoms with E-state index in [1.54, 1.807) is 11.0 Å². The first kappa shape index (κ1) is 21.3. The summed E-state index contributed by atoms with van der Waals surface area (Å²) < 4.78 is 0. The van der Waals surface area contributed by atoms with Gasteiger partial charge in [0.05, 0.1) is 26.9 Å². The lowest BCUT2D eigenvalue weighted by Crippen LogP contribution is -2.42. The Morgan fingerprint density at radius 1 is 0.964 bits per heavy atom. The van der Waals surface area contributed by atoms with Crippen molar-refractivity contribution in [3.05, 3.63) is 61.5 Å². The summed E-state index contributed by atoms with van der Waals surface area (Å²) in [6, 6.07) is 7.66. The highest BCUT2D eigenvalue weighted by Crippen LogP contribution is 2.33. The first-order chi connectivity index (χ1) is 13.3. The van der Waals surface area contributed by atoms with Crippen LogP contribution < -0.4 is 5.32 Å². The monoisotopic (exact) mass is 458 g/mol. The van der Waals surface area contributed by atoms with Crippen molar-refractivity contribution in [3.8, 4) is 0 Å². The van der Waals surface area contributed by atoms with Gasteiger partial charge in [-0.2, -0.15) is 0 Å². The standard InChI is InChI=1S/C20H18Cl4N2O2/c1-11-4-2-3-7-26(11)20(28)15-8-13(22)10-17(24)18(15)25-19(27)14-6-5-12(21)9-16(14)23/h5-6,8-11H,2-4,7H2,1H3,(H,25,27)/t11-/m1/s1. The number of anilines is 1. The van der Waals surface area contributed by atoms with E-state index in [-0.39, 0.29) is 38.8 Å². The van der Waals surface area contributed by atoms with Crippen molar-refractivity contribution < 1.29 is 9.59 Å². The van der Waals surface area contributed by atoms with Crippen molar-refractivity contribution in [1.82, 2.24) is 4.90 Å². The van der Waals surface area contributed by atoms with Gasteiger partial charge in [-0.3, -0.25) is 9.59 Å². The molecular formula is C20H18Cl4N2O2. The number of nitrogens with zero attached hydrogens (tertiary/aromatic N) is 1. The highest BCUT2D eigenvalue weighted by atomic mass is 35.5. The van der Waals surface area contributed by atoms with Gasteiger partial charge in [-0.1, -0.05) is 46.4 Å². The first-order valence-electron chi connectivity index (χ1n) is 8.84. The van der Waals surface area contributed by atoms with Crippen LogP contribution in [-0.2, 0) is 0 Å². The van der Waals surface area contributed by atoms with E-state index in [2.05, 4.69) is 5.32 Å². The fourth-order valence-electron chi connectivity index (χ4n) is 3.28. The molecule has 8 heteroatoms. The van der Waals surface area contributed by atoms with Gasteiger partial charge in [0.2, 0.25) is 0 Å². The number of carbonyl (C=O) groups is 2. The Hall–Kier alpha value is -1.46. The van der Waals surface area contributed by atoms with E-state index in [0.29, 0.717) is 16.6 Å². The van der Waals surface area contributed by atoms with Gasteiger partial charge in [0.25, 0.3) is 11.8 Å². The third kappa shape index (κ3) is 4.57. The molecule has 0 unspecified atom stereocenters. The SMILES string of the molecule is C[C@@H]1CCCCN1C(=O)c1cc(Cl)cc(Cl)c1NC(=O)c1ccc(Cl)cc1Cl. The summed E-state index contributed by atoms with van der Waals surface area (Å²) in [4.78, 5) is 27.7. The minimum atomic E-state index is -0.494. The number of halogens is 4. The molecule has 0 saturated carbocycles. The molecule has 1 fully saturated rings. The summed E-state index contributed by atoms with van der Waals surface area (Å²) in [5, 5.41) is 3.83. The van der Waals surface area contributed by atoms with Crippen LogP contribution in [0.2, 0.25) is 20.1 Å². The van der Waals surface area contributed by atoms with Gasteiger partial charge in [-0.25, -0.2) is 0 Å². The van der Waals surface area contributed by atoms with Gasteiger partial charge >= 0.3 is 0 Å². The fourth-order valence-corrected chi connectivity index (χ4v) is 4.31. The van der Waals surface area contributed by atoms with Crippen molar-refractivity contribution in [2.45, 2.75) is 32.2 Å². The molecular weight excluding hydrogens is 442 g/mol. The van der Waals surface area contributed by atoms with Gasteiger partial charge in [-0.15, -0.1) is 0 Å². The molecule has 0 spiro atoms. The Balaban J connectivity index is 1.96. The van der Waals surface area contributed by atoms with Crippen LogP contribution in [-0.4, -0.2) is 29.3 Å². The lowest BCUT2D eigenvalue weighted by atomic mass is 10.0. The Morgan fingerprint density at radius 2 is 1.68 bits per heavy atom. The third-order valence-electron chi connectivity index (χ3n) is 4.76. The molecule has 0 bridgehead atoms. The second-order valence-electron chi connectivity index (χ2n) is 6.73. The molecule has 1 heterocycles. The van der Waals surface area contributed by atoms with Crippen LogP contribution in [0.4, 0.5) is 5.69 Å². The number of hydrogen-bond donors (Lipinski definition) is 1. The van der Waals surface area contributed by atoms with E-state index < -0.39 is 5.91 Å². The zero-order valence-electron chi connectivity index (χ0n) is 15.1. The fraction of sp³-hybridized carbons (Fsp3) is 0.300. The van der Waals surface area contributed by atoms with Gasteiger partial charge in [0, 0.05) is 22.6 Å². The number of carbonyl (C=O) groups excluding carboxylic acids is 2.